The number of aromatic amines is 1. The van der Waals surface area contributed by atoms with E-state index in [1.54, 1.807) is 0 Å². The minimum absolute atomic E-state index is 0.125. The van der Waals surface area contributed by atoms with Crippen LogP contribution in [0.3, 0.4) is 0 Å². The molecule has 0 spiro atoms. The van der Waals surface area contributed by atoms with Gasteiger partial charge in [0.2, 0.25) is 0 Å². The average Bonchev–Trinajstić information content (AvgIpc) is 3.02. The lowest BCUT2D eigenvalue weighted by Gasteiger charge is -2.25. The maximum Gasteiger partial charge on any atom is 0.138 e. The normalized spacial score (nSPS) is 23.4. The van der Waals surface area contributed by atoms with Gasteiger partial charge in [-0.3, -0.25) is 0 Å². The van der Waals surface area contributed by atoms with Gasteiger partial charge in [-0.05, 0) is 56.1 Å². The molecule has 2 aromatic heterocycles. The maximum atomic E-state index is 4.39. The fourth-order valence-corrected chi connectivity index (χ4v) is 3.21. The number of H-pyrrole nitrogens is 1. The maximum absolute atomic E-state index is 4.39. The summed E-state index contributed by atoms with van der Waals surface area (Å²) < 4.78 is 0. The van der Waals surface area contributed by atoms with Crippen molar-refractivity contribution in [1.82, 2.24) is 15.3 Å². The molecule has 1 aliphatic heterocycles. The fourth-order valence-electron chi connectivity index (χ4n) is 3.21. The number of fused-ring (bicyclic) bond motifs is 3. The highest BCUT2D eigenvalue weighted by Crippen LogP contribution is 2.33. The third kappa shape index (κ3) is 1.58. The highest BCUT2D eigenvalue weighted by Gasteiger charge is 2.30. The van der Waals surface area contributed by atoms with E-state index in [1.807, 2.05) is 12.3 Å². The predicted octanol–water partition coefficient (Wildman–Crippen LogP) is 3.31. The van der Waals surface area contributed by atoms with Crippen LogP contribution in [0.5, 0.6) is 0 Å². The van der Waals surface area contributed by atoms with E-state index in [0.717, 1.165) is 12.2 Å². The minimum atomic E-state index is 0.125. The standard InChI is InChI=1S/C16H17N3/c1-16(7-3-9-18-16)11-5-6-14-13(10-11)12-4-2-8-17-15(12)19-14/h2,4-6,8,10,18H,3,7,9H2,1H3,(H,17,19). The van der Waals surface area contributed by atoms with Gasteiger partial charge in [0.15, 0.2) is 0 Å². The highest BCUT2D eigenvalue weighted by atomic mass is 15.0. The third-order valence-corrected chi connectivity index (χ3v) is 4.38. The largest absolute Gasteiger partial charge is 0.339 e. The Morgan fingerprint density at radius 2 is 2.16 bits per heavy atom. The Labute approximate surface area is 112 Å². The third-order valence-electron chi connectivity index (χ3n) is 4.38. The number of hydrogen-bond acceptors (Lipinski definition) is 2. The second-order valence-corrected chi connectivity index (χ2v) is 5.65. The lowest BCUT2D eigenvalue weighted by molar-refractivity contribution is 0.435. The molecule has 1 aromatic carbocycles. The molecule has 1 unspecified atom stereocenters. The van der Waals surface area contributed by atoms with E-state index in [-0.39, 0.29) is 5.54 Å². The van der Waals surface area contributed by atoms with E-state index < -0.39 is 0 Å². The Morgan fingerprint density at radius 3 is 3.00 bits per heavy atom. The summed E-state index contributed by atoms with van der Waals surface area (Å²) in [5.74, 6) is 0. The molecule has 0 bridgehead atoms. The van der Waals surface area contributed by atoms with Crippen molar-refractivity contribution in [2.75, 3.05) is 6.54 Å². The molecule has 2 N–H and O–H groups in total. The van der Waals surface area contributed by atoms with Gasteiger partial charge in [-0.1, -0.05) is 6.07 Å². The Balaban J connectivity index is 1.97. The number of aromatic nitrogens is 2. The molecular weight excluding hydrogens is 234 g/mol. The molecule has 4 rings (SSSR count). The van der Waals surface area contributed by atoms with E-state index in [0.29, 0.717) is 0 Å². The summed E-state index contributed by atoms with van der Waals surface area (Å²) in [6, 6.07) is 10.9. The van der Waals surface area contributed by atoms with E-state index in [2.05, 4.69) is 46.5 Å². The molecular formula is C16H17N3. The Bertz CT molecular complexity index is 751. The number of pyridine rings is 1. The molecule has 96 valence electrons. The van der Waals surface area contributed by atoms with Crippen molar-refractivity contribution in [3.63, 3.8) is 0 Å². The molecule has 1 fully saturated rings. The summed E-state index contributed by atoms with van der Waals surface area (Å²) in [6.07, 6.45) is 4.29. The summed E-state index contributed by atoms with van der Waals surface area (Å²) in [5, 5.41) is 6.11. The predicted molar refractivity (Wildman–Crippen MR) is 78.2 cm³/mol. The number of hydrogen-bond donors (Lipinski definition) is 2. The highest BCUT2D eigenvalue weighted by molar-refractivity contribution is 6.05. The fraction of sp³-hybridized carbons (Fsp3) is 0.312. The van der Waals surface area contributed by atoms with Crippen LogP contribution < -0.4 is 5.32 Å². The number of benzene rings is 1. The number of rotatable bonds is 1. The smallest absolute Gasteiger partial charge is 0.138 e. The first-order chi connectivity index (χ1) is 9.26. The summed E-state index contributed by atoms with van der Waals surface area (Å²) in [4.78, 5) is 7.77. The Morgan fingerprint density at radius 1 is 1.21 bits per heavy atom. The second-order valence-electron chi connectivity index (χ2n) is 5.65. The van der Waals surface area contributed by atoms with E-state index >= 15 is 0 Å². The zero-order chi connectivity index (χ0) is 12.9. The summed E-state index contributed by atoms with van der Waals surface area (Å²) in [7, 11) is 0. The first-order valence-electron chi connectivity index (χ1n) is 6.88. The molecule has 3 heteroatoms. The van der Waals surface area contributed by atoms with E-state index in [4.69, 9.17) is 0 Å². The van der Waals surface area contributed by atoms with Gasteiger partial charge in [-0.2, -0.15) is 0 Å². The van der Waals surface area contributed by atoms with Crippen molar-refractivity contribution >= 4 is 21.9 Å². The van der Waals surface area contributed by atoms with Crippen LogP contribution in [-0.2, 0) is 5.54 Å². The zero-order valence-corrected chi connectivity index (χ0v) is 11.0. The van der Waals surface area contributed by atoms with Gasteiger partial charge < -0.3 is 10.3 Å². The summed E-state index contributed by atoms with van der Waals surface area (Å²) in [6.45, 7) is 3.41. The van der Waals surface area contributed by atoms with Gasteiger partial charge in [-0.15, -0.1) is 0 Å². The average molecular weight is 251 g/mol. The second kappa shape index (κ2) is 3.81. The molecule has 3 aromatic rings. The van der Waals surface area contributed by atoms with Crippen LogP contribution >= 0.6 is 0 Å². The first-order valence-corrected chi connectivity index (χ1v) is 6.88. The van der Waals surface area contributed by atoms with Crippen LogP contribution in [0, 0.1) is 0 Å². The van der Waals surface area contributed by atoms with Gasteiger partial charge in [0.1, 0.15) is 5.65 Å². The van der Waals surface area contributed by atoms with Gasteiger partial charge in [-0.25, -0.2) is 4.98 Å². The van der Waals surface area contributed by atoms with Gasteiger partial charge in [0.25, 0.3) is 0 Å². The molecule has 3 heterocycles. The van der Waals surface area contributed by atoms with Crippen molar-refractivity contribution < 1.29 is 0 Å². The minimum Gasteiger partial charge on any atom is -0.339 e. The lowest BCUT2D eigenvalue weighted by atomic mass is 9.89. The van der Waals surface area contributed by atoms with Crippen LogP contribution in [0.15, 0.2) is 36.5 Å². The van der Waals surface area contributed by atoms with Crippen molar-refractivity contribution in [3.05, 3.63) is 42.1 Å². The topological polar surface area (TPSA) is 40.7 Å². The lowest BCUT2D eigenvalue weighted by Crippen LogP contribution is -2.32. The molecule has 1 aliphatic rings. The molecule has 1 saturated heterocycles. The van der Waals surface area contributed by atoms with Crippen LogP contribution in [0.1, 0.15) is 25.3 Å². The van der Waals surface area contributed by atoms with Crippen molar-refractivity contribution in [2.45, 2.75) is 25.3 Å². The molecule has 0 amide bonds. The van der Waals surface area contributed by atoms with E-state index in [9.17, 15) is 0 Å². The van der Waals surface area contributed by atoms with Gasteiger partial charge in [0, 0.05) is 28.0 Å². The van der Waals surface area contributed by atoms with Gasteiger partial charge >= 0.3 is 0 Å². The van der Waals surface area contributed by atoms with E-state index in [1.165, 1.54) is 34.7 Å². The molecule has 3 nitrogen and oxygen atoms in total. The van der Waals surface area contributed by atoms with Crippen LogP contribution in [0.2, 0.25) is 0 Å². The van der Waals surface area contributed by atoms with Crippen molar-refractivity contribution in [2.24, 2.45) is 0 Å². The molecule has 0 saturated carbocycles. The van der Waals surface area contributed by atoms with Crippen molar-refractivity contribution in [3.8, 4) is 0 Å². The van der Waals surface area contributed by atoms with Crippen LogP contribution in [0.25, 0.3) is 21.9 Å². The SMILES string of the molecule is CC1(c2ccc3[nH]c4ncccc4c3c2)CCCN1. The first kappa shape index (κ1) is 11.0. The Hall–Kier alpha value is -1.87. The summed E-state index contributed by atoms with van der Waals surface area (Å²) in [5.41, 5.74) is 3.64. The summed E-state index contributed by atoms with van der Waals surface area (Å²) >= 11 is 0. The Kier molecular flexibility index (Phi) is 2.21. The zero-order valence-electron chi connectivity index (χ0n) is 11.0. The number of nitrogens with zero attached hydrogens (tertiary/aromatic N) is 1. The van der Waals surface area contributed by atoms with Crippen molar-refractivity contribution in [1.29, 1.82) is 0 Å². The van der Waals surface area contributed by atoms with Crippen LogP contribution in [-0.4, -0.2) is 16.5 Å². The number of nitrogens with one attached hydrogen (secondary N) is 2. The molecule has 0 aliphatic carbocycles. The molecule has 0 radical (unpaired) electrons. The molecule has 19 heavy (non-hydrogen) atoms. The van der Waals surface area contributed by atoms with Crippen LogP contribution in [0.4, 0.5) is 0 Å². The van der Waals surface area contributed by atoms with Gasteiger partial charge in [0.05, 0.1) is 0 Å². The quantitative estimate of drug-likeness (QED) is 0.696. The monoisotopic (exact) mass is 251 g/mol. The molecule has 1 atom stereocenters.